The van der Waals surface area contributed by atoms with E-state index >= 15 is 0 Å². The second-order valence-electron chi connectivity index (χ2n) is 4.42. The predicted octanol–water partition coefficient (Wildman–Crippen LogP) is 0.338. The number of oxime groups is 1. The molecule has 0 spiro atoms. The van der Waals surface area contributed by atoms with Gasteiger partial charge in [-0.1, -0.05) is 5.16 Å². The first-order valence-electron chi connectivity index (χ1n) is 6.05. The number of anilines is 1. The minimum Gasteiger partial charge on any atom is -0.409 e. The first-order valence-corrected chi connectivity index (χ1v) is 7.13. The van der Waals surface area contributed by atoms with Gasteiger partial charge in [0.05, 0.1) is 9.61 Å². The molecule has 1 aliphatic rings. The van der Waals surface area contributed by atoms with Crippen molar-refractivity contribution in [1.29, 1.82) is 0 Å². The standard InChI is InChI=1S/C11H17IN6O/c1-8(10(13)16-19)17-2-4-18(5-3-17)11-9(12)6-14-7-15-11/h6-8,19H,2-5H2,1H3,(H2,13,16). The van der Waals surface area contributed by atoms with Crippen molar-refractivity contribution in [2.75, 3.05) is 31.1 Å². The summed E-state index contributed by atoms with van der Waals surface area (Å²) in [6.45, 7) is 5.40. The van der Waals surface area contributed by atoms with Crippen LogP contribution in [0.25, 0.3) is 0 Å². The Bertz CT molecular complexity index is 460. The molecule has 1 atom stereocenters. The Hall–Kier alpha value is -1.16. The molecule has 1 unspecified atom stereocenters. The summed E-state index contributed by atoms with van der Waals surface area (Å²) in [5.74, 6) is 1.23. The molecule has 8 heteroatoms. The van der Waals surface area contributed by atoms with Gasteiger partial charge in [-0.05, 0) is 29.5 Å². The molecule has 104 valence electrons. The van der Waals surface area contributed by atoms with E-state index in [-0.39, 0.29) is 11.9 Å². The van der Waals surface area contributed by atoms with Crippen LogP contribution in [0.3, 0.4) is 0 Å². The van der Waals surface area contributed by atoms with Gasteiger partial charge in [-0.25, -0.2) is 9.97 Å². The maximum atomic E-state index is 8.71. The van der Waals surface area contributed by atoms with Gasteiger partial charge in [-0.15, -0.1) is 0 Å². The molecule has 3 N–H and O–H groups in total. The second-order valence-corrected chi connectivity index (χ2v) is 5.58. The topological polar surface area (TPSA) is 90.9 Å². The van der Waals surface area contributed by atoms with Crippen molar-refractivity contribution in [3.05, 3.63) is 16.1 Å². The summed E-state index contributed by atoms with van der Waals surface area (Å²) in [7, 11) is 0. The summed E-state index contributed by atoms with van der Waals surface area (Å²) in [5.41, 5.74) is 5.64. The average molecular weight is 376 g/mol. The fourth-order valence-corrected chi connectivity index (χ4v) is 2.77. The van der Waals surface area contributed by atoms with Gasteiger partial charge in [-0.3, -0.25) is 4.90 Å². The molecule has 0 radical (unpaired) electrons. The van der Waals surface area contributed by atoms with Crippen molar-refractivity contribution in [3.63, 3.8) is 0 Å². The number of hydrogen-bond donors (Lipinski definition) is 2. The van der Waals surface area contributed by atoms with E-state index in [0.717, 1.165) is 35.6 Å². The number of piperazine rings is 1. The number of nitrogens with zero attached hydrogens (tertiary/aromatic N) is 5. The van der Waals surface area contributed by atoms with Gasteiger partial charge in [-0.2, -0.15) is 0 Å². The van der Waals surface area contributed by atoms with E-state index < -0.39 is 0 Å². The number of rotatable bonds is 3. The highest BCUT2D eigenvalue weighted by Gasteiger charge is 2.24. The van der Waals surface area contributed by atoms with Crippen molar-refractivity contribution in [2.24, 2.45) is 10.9 Å². The van der Waals surface area contributed by atoms with E-state index in [2.05, 4.69) is 47.5 Å². The Morgan fingerprint density at radius 1 is 1.47 bits per heavy atom. The van der Waals surface area contributed by atoms with Crippen molar-refractivity contribution in [3.8, 4) is 0 Å². The smallest absolute Gasteiger partial charge is 0.156 e. The summed E-state index contributed by atoms with van der Waals surface area (Å²) < 4.78 is 1.05. The van der Waals surface area contributed by atoms with Gasteiger partial charge in [0.25, 0.3) is 0 Å². The molecule has 0 aliphatic carbocycles. The van der Waals surface area contributed by atoms with Crippen LogP contribution < -0.4 is 10.6 Å². The normalized spacial score (nSPS) is 19.5. The van der Waals surface area contributed by atoms with E-state index in [1.54, 1.807) is 6.33 Å². The monoisotopic (exact) mass is 376 g/mol. The first-order chi connectivity index (χ1) is 9.13. The maximum absolute atomic E-state index is 8.71. The van der Waals surface area contributed by atoms with Crippen LogP contribution in [-0.4, -0.2) is 58.1 Å². The predicted molar refractivity (Wildman–Crippen MR) is 81.4 cm³/mol. The lowest BCUT2D eigenvalue weighted by Crippen LogP contribution is -2.53. The summed E-state index contributed by atoms with van der Waals surface area (Å²) in [6, 6.07) is -0.0448. The largest absolute Gasteiger partial charge is 0.409 e. The molecule has 2 rings (SSSR count). The summed E-state index contributed by atoms with van der Waals surface area (Å²) in [4.78, 5) is 12.8. The van der Waals surface area contributed by atoms with Gasteiger partial charge in [0.1, 0.15) is 12.1 Å². The van der Waals surface area contributed by atoms with Crippen molar-refractivity contribution < 1.29 is 5.21 Å². The van der Waals surface area contributed by atoms with Crippen LogP contribution in [0, 0.1) is 3.57 Å². The number of halogens is 1. The average Bonchev–Trinajstić information content (AvgIpc) is 2.46. The Morgan fingerprint density at radius 2 is 2.16 bits per heavy atom. The molecule has 1 aromatic rings. The van der Waals surface area contributed by atoms with E-state index in [9.17, 15) is 0 Å². The molecule has 0 aromatic carbocycles. The zero-order chi connectivity index (χ0) is 13.8. The van der Waals surface area contributed by atoms with Crippen molar-refractivity contribution in [1.82, 2.24) is 14.9 Å². The zero-order valence-corrected chi connectivity index (χ0v) is 12.9. The molecule has 1 aliphatic heterocycles. The molecular formula is C11H17IN6O. The van der Waals surface area contributed by atoms with E-state index in [4.69, 9.17) is 10.9 Å². The summed E-state index contributed by atoms with van der Waals surface area (Å²) in [5, 5.41) is 11.8. The van der Waals surface area contributed by atoms with Crippen LogP contribution in [0.5, 0.6) is 0 Å². The molecule has 19 heavy (non-hydrogen) atoms. The van der Waals surface area contributed by atoms with Gasteiger partial charge in [0.15, 0.2) is 5.84 Å². The number of hydrogen-bond acceptors (Lipinski definition) is 6. The number of aromatic nitrogens is 2. The minimum atomic E-state index is -0.0448. The fraction of sp³-hybridized carbons (Fsp3) is 0.545. The Morgan fingerprint density at radius 3 is 2.74 bits per heavy atom. The quantitative estimate of drug-likeness (QED) is 0.260. The van der Waals surface area contributed by atoms with E-state index in [1.807, 2.05) is 13.1 Å². The van der Waals surface area contributed by atoms with Crippen LogP contribution in [0.15, 0.2) is 17.7 Å². The third-order valence-electron chi connectivity index (χ3n) is 3.35. The highest BCUT2D eigenvalue weighted by Crippen LogP contribution is 2.20. The highest BCUT2D eigenvalue weighted by molar-refractivity contribution is 14.1. The molecule has 0 amide bonds. The first kappa shape index (κ1) is 14.3. The van der Waals surface area contributed by atoms with Crippen LogP contribution >= 0.6 is 22.6 Å². The molecule has 0 saturated carbocycles. The fourth-order valence-electron chi connectivity index (χ4n) is 2.13. The van der Waals surface area contributed by atoms with Gasteiger partial charge >= 0.3 is 0 Å². The van der Waals surface area contributed by atoms with Crippen LogP contribution in [0.1, 0.15) is 6.92 Å². The van der Waals surface area contributed by atoms with Crippen molar-refractivity contribution in [2.45, 2.75) is 13.0 Å². The van der Waals surface area contributed by atoms with Crippen molar-refractivity contribution >= 4 is 34.2 Å². The summed E-state index contributed by atoms with van der Waals surface area (Å²) in [6.07, 6.45) is 3.39. The van der Waals surface area contributed by atoms with Crippen LogP contribution in [0.2, 0.25) is 0 Å². The lowest BCUT2D eigenvalue weighted by atomic mass is 10.2. The molecule has 0 bridgehead atoms. The highest BCUT2D eigenvalue weighted by atomic mass is 127. The van der Waals surface area contributed by atoms with Gasteiger partial charge < -0.3 is 15.8 Å². The molecule has 1 saturated heterocycles. The van der Waals surface area contributed by atoms with Gasteiger partial charge in [0.2, 0.25) is 0 Å². The Labute approximate surface area is 125 Å². The third-order valence-corrected chi connectivity index (χ3v) is 4.11. The lowest BCUT2D eigenvalue weighted by Gasteiger charge is -2.38. The molecular weight excluding hydrogens is 359 g/mol. The Kier molecular flexibility index (Phi) is 4.75. The Balaban J connectivity index is 1.98. The van der Waals surface area contributed by atoms with Crippen LogP contribution in [-0.2, 0) is 0 Å². The molecule has 2 heterocycles. The van der Waals surface area contributed by atoms with Crippen LogP contribution in [0.4, 0.5) is 5.82 Å². The number of amidine groups is 1. The minimum absolute atomic E-state index is 0.0448. The van der Waals surface area contributed by atoms with Gasteiger partial charge in [0, 0.05) is 32.4 Å². The number of nitrogens with two attached hydrogens (primary N) is 1. The summed E-state index contributed by atoms with van der Waals surface area (Å²) >= 11 is 2.25. The second kappa shape index (κ2) is 6.33. The third kappa shape index (κ3) is 3.24. The molecule has 1 aromatic heterocycles. The van der Waals surface area contributed by atoms with E-state index in [0.29, 0.717) is 0 Å². The SMILES string of the molecule is CC(C(N)=NO)N1CCN(c2ncncc2I)CC1. The lowest BCUT2D eigenvalue weighted by molar-refractivity contribution is 0.229. The molecule has 7 nitrogen and oxygen atoms in total. The van der Waals surface area contributed by atoms with E-state index in [1.165, 1.54) is 0 Å². The molecule has 1 fully saturated rings. The maximum Gasteiger partial charge on any atom is 0.156 e. The zero-order valence-electron chi connectivity index (χ0n) is 10.7.